The third kappa shape index (κ3) is 4.34. The molecule has 1 aromatic carbocycles. The van der Waals surface area contributed by atoms with Gasteiger partial charge in [0.2, 0.25) is 5.28 Å². The van der Waals surface area contributed by atoms with Crippen molar-refractivity contribution in [1.82, 2.24) is 15.0 Å². The second-order valence-electron chi connectivity index (χ2n) is 5.29. The predicted octanol–water partition coefficient (Wildman–Crippen LogP) is 4.29. The van der Waals surface area contributed by atoms with Gasteiger partial charge in [-0.05, 0) is 53.8 Å². The minimum absolute atomic E-state index is 0.146. The first-order valence-electron chi connectivity index (χ1n) is 7.33. The van der Waals surface area contributed by atoms with Gasteiger partial charge in [0, 0.05) is 18.1 Å². The number of hydrogen-bond acceptors (Lipinski definition) is 5. The second-order valence-corrected chi connectivity index (χ2v) is 6.03. The van der Waals surface area contributed by atoms with Crippen LogP contribution in [0.25, 0.3) is 0 Å². The lowest BCUT2D eigenvalue weighted by Gasteiger charge is -2.09. The normalized spacial score (nSPS) is 10.6. The lowest BCUT2D eigenvalue weighted by molar-refractivity contribution is 0.951. The Morgan fingerprint density at radius 1 is 1.00 bits per heavy atom. The number of hydrogen-bond donors (Lipinski definition) is 2. The zero-order valence-electron chi connectivity index (χ0n) is 12.7. The van der Waals surface area contributed by atoms with Crippen LogP contribution in [0.15, 0.2) is 48.9 Å². The van der Waals surface area contributed by atoms with E-state index >= 15 is 0 Å². The van der Waals surface area contributed by atoms with E-state index in [1.165, 1.54) is 11.8 Å². The van der Waals surface area contributed by atoms with E-state index in [1.54, 1.807) is 6.20 Å². The number of aryl methyl sites for hydroxylation is 2. The van der Waals surface area contributed by atoms with Crippen LogP contribution in [0.2, 0.25) is 10.3 Å². The first kappa shape index (κ1) is 16.5. The van der Waals surface area contributed by atoms with E-state index in [2.05, 4.69) is 26.3 Å². The number of anilines is 3. The molecule has 0 fully saturated rings. The number of benzene rings is 1. The van der Waals surface area contributed by atoms with Gasteiger partial charge in [0.15, 0.2) is 5.82 Å². The maximum atomic E-state index is 6.08. The third-order valence-corrected chi connectivity index (χ3v) is 3.88. The molecule has 2 aromatic heterocycles. The van der Waals surface area contributed by atoms with Crippen molar-refractivity contribution in [3.8, 4) is 0 Å². The molecule has 0 unspecified atom stereocenters. The van der Waals surface area contributed by atoms with E-state index in [9.17, 15) is 0 Å². The summed E-state index contributed by atoms with van der Waals surface area (Å²) in [5.41, 5.74) is 9.61. The fourth-order valence-electron chi connectivity index (χ4n) is 2.31. The summed E-state index contributed by atoms with van der Waals surface area (Å²) < 4.78 is 0. The number of rotatable bonds is 5. The summed E-state index contributed by atoms with van der Waals surface area (Å²) in [4.78, 5) is 12.0. The van der Waals surface area contributed by atoms with Gasteiger partial charge in [0.25, 0.3) is 0 Å². The zero-order chi connectivity index (χ0) is 16.9. The molecule has 0 bridgehead atoms. The van der Waals surface area contributed by atoms with Crippen molar-refractivity contribution in [2.24, 2.45) is 0 Å². The Hall–Kier alpha value is -2.37. The van der Waals surface area contributed by atoms with E-state index in [1.807, 2.05) is 30.5 Å². The Bertz CT molecular complexity index is 854. The number of pyridine rings is 1. The van der Waals surface area contributed by atoms with Gasteiger partial charge >= 0.3 is 0 Å². The molecule has 0 saturated heterocycles. The van der Waals surface area contributed by atoms with Crippen LogP contribution in [0.1, 0.15) is 11.1 Å². The fraction of sp³-hybridized carbons (Fsp3) is 0.118. The van der Waals surface area contributed by atoms with Gasteiger partial charge < -0.3 is 11.1 Å². The highest BCUT2D eigenvalue weighted by Crippen LogP contribution is 2.24. The van der Waals surface area contributed by atoms with Crippen LogP contribution in [-0.4, -0.2) is 15.0 Å². The Balaban J connectivity index is 1.71. The van der Waals surface area contributed by atoms with E-state index in [4.69, 9.17) is 28.9 Å². The third-order valence-electron chi connectivity index (χ3n) is 3.42. The molecule has 122 valence electrons. The standard InChI is InChI=1S/C17H15Cl2N5/c18-15-10-22-17(19)24-16(15)23-14-3-1-2-11(7-14)4-5-12-6-13(20)9-21-8-12/h1-3,6-10H,4-5,20H2,(H,22,23,24). The molecular formula is C17H15Cl2N5. The van der Waals surface area contributed by atoms with Crippen LogP contribution >= 0.6 is 23.2 Å². The van der Waals surface area contributed by atoms with Gasteiger partial charge in [-0.15, -0.1) is 0 Å². The Morgan fingerprint density at radius 2 is 1.83 bits per heavy atom. The molecular weight excluding hydrogens is 345 g/mol. The van der Waals surface area contributed by atoms with Crippen LogP contribution < -0.4 is 11.1 Å². The molecule has 0 radical (unpaired) electrons. The highest BCUT2D eigenvalue weighted by molar-refractivity contribution is 6.33. The molecule has 0 saturated carbocycles. The average molecular weight is 360 g/mol. The largest absolute Gasteiger partial charge is 0.397 e. The van der Waals surface area contributed by atoms with Crippen LogP contribution in [0.3, 0.4) is 0 Å². The summed E-state index contributed by atoms with van der Waals surface area (Å²) in [6.45, 7) is 0. The molecule has 0 aliphatic carbocycles. The van der Waals surface area contributed by atoms with Gasteiger partial charge in [-0.2, -0.15) is 4.98 Å². The van der Waals surface area contributed by atoms with Crippen molar-refractivity contribution in [3.05, 3.63) is 70.4 Å². The molecule has 7 heteroatoms. The van der Waals surface area contributed by atoms with Gasteiger partial charge in [-0.1, -0.05) is 23.7 Å². The number of nitrogens with one attached hydrogen (secondary N) is 1. The number of aromatic nitrogens is 3. The molecule has 0 amide bonds. The van der Waals surface area contributed by atoms with E-state index in [0.29, 0.717) is 16.5 Å². The molecule has 0 aliphatic heterocycles. The van der Waals surface area contributed by atoms with Gasteiger partial charge in [0.1, 0.15) is 5.02 Å². The average Bonchev–Trinajstić information content (AvgIpc) is 2.57. The van der Waals surface area contributed by atoms with Gasteiger partial charge in [0.05, 0.1) is 11.9 Å². The predicted molar refractivity (Wildman–Crippen MR) is 97.8 cm³/mol. The first-order valence-corrected chi connectivity index (χ1v) is 8.09. The van der Waals surface area contributed by atoms with Crippen molar-refractivity contribution >= 4 is 40.4 Å². The summed E-state index contributed by atoms with van der Waals surface area (Å²) in [7, 11) is 0. The Labute approximate surface area is 149 Å². The first-order chi connectivity index (χ1) is 11.6. The van der Waals surface area contributed by atoms with E-state index < -0.39 is 0 Å². The summed E-state index contributed by atoms with van der Waals surface area (Å²) in [6, 6.07) is 9.98. The van der Waals surface area contributed by atoms with Crippen LogP contribution in [0.4, 0.5) is 17.2 Å². The van der Waals surface area contributed by atoms with Crippen LogP contribution in [-0.2, 0) is 12.8 Å². The lowest BCUT2D eigenvalue weighted by atomic mass is 10.0. The molecule has 0 atom stereocenters. The number of halogens is 2. The minimum Gasteiger partial charge on any atom is -0.397 e. The highest BCUT2D eigenvalue weighted by atomic mass is 35.5. The topological polar surface area (TPSA) is 76.7 Å². The fourth-order valence-corrected chi connectivity index (χ4v) is 2.58. The summed E-state index contributed by atoms with van der Waals surface area (Å²) in [5, 5.41) is 3.72. The van der Waals surface area contributed by atoms with Crippen molar-refractivity contribution in [1.29, 1.82) is 0 Å². The van der Waals surface area contributed by atoms with Crippen molar-refractivity contribution in [2.75, 3.05) is 11.1 Å². The maximum absolute atomic E-state index is 6.08. The zero-order valence-corrected chi connectivity index (χ0v) is 14.2. The Kier molecular flexibility index (Phi) is 5.13. The number of nitrogens with two attached hydrogens (primary N) is 1. The van der Waals surface area contributed by atoms with Crippen molar-refractivity contribution in [2.45, 2.75) is 12.8 Å². The summed E-state index contributed by atoms with van der Waals surface area (Å²) in [5.74, 6) is 0.480. The molecule has 24 heavy (non-hydrogen) atoms. The monoisotopic (exact) mass is 359 g/mol. The quantitative estimate of drug-likeness (QED) is 0.664. The molecule has 3 N–H and O–H groups in total. The maximum Gasteiger partial charge on any atom is 0.224 e. The summed E-state index contributed by atoms with van der Waals surface area (Å²) >= 11 is 11.9. The molecule has 3 rings (SSSR count). The van der Waals surface area contributed by atoms with Gasteiger partial charge in [-0.25, -0.2) is 4.98 Å². The lowest BCUT2D eigenvalue weighted by Crippen LogP contribution is -1.98. The number of nitrogens with zero attached hydrogens (tertiary/aromatic N) is 3. The van der Waals surface area contributed by atoms with Gasteiger partial charge in [-0.3, -0.25) is 4.98 Å². The van der Waals surface area contributed by atoms with Crippen LogP contribution in [0, 0.1) is 0 Å². The minimum atomic E-state index is 0.146. The Morgan fingerprint density at radius 3 is 2.67 bits per heavy atom. The molecule has 3 aromatic rings. The van der Waals surface area contributed by atoms with Crippen molar-refractivity contribution < 1.29 is 0 Å². The molecule has 0 spiro atoms. The SMILES string of the molecule is Nc1cncc(CCc2cccc(Nc3nc(Cl)ncc3Cl)c2)c1. The smallest absolute Gasteiger partial charge is 0.224 e. The van der Waals surface area contributed by atoms with Crippen molar-refractivity contribution in [3.63, 3.8) is 0 Å². The van der Waals surface area contributed by atoms with E-state index in [-0.39, 0.29) is 5.28 Å². The highest BCUT2D eigenvalue weighted by Gasteiger charge is 2.05. The number of nitrogen functional groups attached to an aromatic ring is 1. The second kappa shape index (κ2) is 7.47. The molecule has 5 nitrogen and oxygen atoms in total. The molecule has 0 aliphatic rings. The summed E-state index contributed by atoms with van der Waals surface area (Å²) in [6.07, 6.45) is 6.68. The van der Waals surface area contributed by atoms with Crippen LogP contribution in [0.5, 0.6) is 0 Å². The van der Waals surface area contributed by atoms with E-state index in [0.717, 1.165) is 24.1 Å². The molecule has 2 heterocycles.